The number of hydrogen-bond donors (Lipinski definition) is 3. The highest BCUT2D eigenvalue weighted by Gasteiger charge is 2.43. The van der Waals surface area contributed by atoms with E-state index in [0.717, 1.165) is 65.2 Å². The molecule has 0 radical (unpaired) electrons. The zero-order valence-corrected chi connectivity index (χ0v) is 18.1. The van der Waals surface area contributed by atoms with Crippen molar-refractivity contribution in [1.29, 1.82) is 0 Å². The summed E-state index contributed by atoms with van der Waals surface area (Å²) in [5.74, 6) is 1.59. The van der Waals surface area contributed by atoms with Crippen molar-refractivity contribution in [2.24, 2.45) is 0 Å². The largest absolute Gasteiger partial charge is 0.497 e. The molecule has 0 saturated carbocycles. The lowest BCUT2D eigenvalue weighted by atomic mass is 9.81. The molecule has 1 aromatic heterocycles. The minimum atomic E-state index is -0.589. The third-order valence-corrected chi connectivity index (χ3v) is 6.94. The van der Waals surface area contributed by atoms with Crippen molar-refractivity contribution in [1.82, 2.24) is 9.88 Å². The molecule has 3 heterocycles. The summed E-state index contributed by atoms with van der Waals surface area (Å²) >= 11 is 0. The van der Waals surface area contributed by atoms with Crippen molar-refractivity contribution < 1.29 is 19.7 Å². The van der Waals surface area contributed by atoms with Gasteiger partial charge in [-0.2, -0.15) is 0 Å². The lowest BCUT2D eigenvalue weighted by molar-refractivity contribution is -0.0587. The Labute approximate surface area is 182 Å². The number of piperidine rings is 1. The van der Waals surface area contributed by atoms with Crippen LogP contribution in [0, 0.1) is 6.92 Å². The summed E-state index contributed by atoms with van der Waals surface area (Å²) in [6.45, 7) is 4.23. The minimum absolute atomic E-state index is 0.320. The fourth-order valence-corrected chi connectivity index (χ4v) is 5.25. The van der Waals surface area contributed by atoms with Gasteiger partial charge in [-0.05, 0) is 44.0 Å². The molecule has 0 amide bonds. The number of β-amino-alcohol motifs (C(OH)–C–C–N with tert-alkyl or cyclic N) is 1. The Morgan fingerprint density at radius 2 is 2.00 bits per heavy atom. The molecule has 6 nitrogen and oxygen atoms in total. The molecule has 3 N–H and O–H groups in total. The van der Waals surface area contributed by atoms with Gasteiger partial charge >= 0.3 is 0 Å². The van der Waals surface area contributed by atoms with Gasteiger partial charge in [0.15, 0.2) is 0 Å². The van der Waals surface area contributed by atoms with Crippen LogP contribution in [0.1, 0.15) is 48.3 Å². The zero-order valence-electron chi connectivity index (χ0n) is 18.1. The standard InChI is InChI=1S/C25H30N2O4/c1-16-24(19-13-17(30-2)7-8-20(19)26-16)22(29)15-27-11-9-25(10-12-27)14-21(28)18-5-3-4-6-23(18)31-25/h3-8,13,21-22,26,28-29H,9-12,14-15H2,1-2H3/t21-,22-/m1/s1. The summed E-state index contributed by atoms with van der Waals surface area (Å²) in [5.41, 5.74) is 3.50. The summed E-state index contributed by atoms with van der Waals surface area (Å²) < 4.78 is 11.8. The Morgan fingerprint density at radius 3 is 2.77 bits per heavy atom. The average molecular weight is 423 g/mol. The van der Waals surface area contributed by atoms with Crippen LogP contribution in [0.3, 0.4) is 0 Å². The Kier molecular flexibility index (Phi) is 5.16. The maximum Gasteiger partial charge on any atom is 0.125 e. The van der Waals surface area contributed by atoms with Gasteiger partial charge in [0.25, 0.3) is 0 Å². The number of aryl methyl sites for hydroxylation is 1. The molecule has 5 rings (SSSR count). The van der Waals surface area contributed by atoms with E-state index in [4.69, 9.17) is 9.47 Å². The summed E-state index contributed by atoms with van der Waals surface area (Å²) in [6.07, 6.45) is 1.23. The van der Waals surface area contributed by atoms with Gasteiger partial charge in [-0.15, -0.1) is 0 Å². The van der Waals surface area contributed by atoms with E-state index in [0.29, 0.717) is 13.0 Å². The topological polar surface area (TPSA) is 78.0 Å². The zero-order chi connectivity index (χ0) is 21.6. The second-order valence-electron chi connectivity index (χ2n) is 8.93. The maximum absolute atomic E-state index is 11.1. The number of rotatable bonds is 4. The number of hydrogen-bond acceptors (Lipinski definition) is 5. The molecular formula is C25H30N2O4. The molecule has 3 aromatic rings. The van der Waals surface area contributed by atoms with Crippen LogP contribution >= 0.6 is 0 Å². The minimum Gasteiger partial charge on any atom is -0.497 e. The third-order valence-electron chi connectivity index (χ3n) is 6.94. The smallest absolute Gasteiger partial charge is 0.125 e. The van der Waals surface area contributed by atoms with Crippen LogP contribution in [0.15, 0.2) is 42.5 Å². The van der Waals surface area contributed by atoms with Crippen LogP contribution in [-0.2, 0) is 0 Å². The van der Waals surface area contributed by atoms with E-state index >= 15 is 0 Å². The van der Waals surface area contributed by atoms with Gasteiger partial charge in [0.1, 0.15) is 17.1 Å². The highest BCUT2D eigenvalue weighted by Crippen LogP contribution is 2.44. The van der Waals surface area contributed by atoms with Gasteiger partial charge in [0, 0.05) is 53.8 Å². The van der Waals surface area contributed by atoms with E-state index in [2.05, 4.69) is 9.88 Å². The van der Waals surface area contributed by atoms with E-state index < -0.39 is 12.2 Å². The van der Waals surface area contributed by atoms with Crippen LogP contribution in [0.4, 0.5) is 0 Å². The SMILES string of the molecule is COc1ccc2[nH]c(C)c([C@H](O)CN3CCC4(CC3)C[C@@H](O)c3ccccc3O4)c2c1. The highest BCUT2D eigenvalue weighted by atomic mass is 16.5. The molecule has 6 heteroatoms. The number of aliphatic hydroxyl groups is 2. The third kappa shape index (κ3) is 3.69. The van der Waals surface area contributed by atoms with Crippen molar-refractivity contribution in [3.63, 3.8) is 0 Å². The summed E-state index contributed by atoms with van der Waals surface area (Å²) in [4.78, 5) is 5.67. The first-order valence-corrected chi connectivity index (χ1v) is 11.0. The van der Waals surface area contributed by atoms with Crippen molar-refractivity contribution >= 4 is 10.9 Å². The van der Waals surface area contributed by atoms with Gasteiger partial charge < -0.3 is 29.6 Å². The highest BCUT2D eigenvalue weighted by molar-refractivity contribution is 5.86. The summed E-state index contributed by atoms with van der Waals surface area (Å²) in [6, 6.07) is 13.7. The van der Waals surface area contributed by atoms with E-state index in [1.165, 1.54) is 0 Å². The number of nitrogens with zero attached hydrogens (tertiary/aromatic N) is 1. The number of aromatic amines is 1. The van der Waals surface area contributed by atoms with E-state index in [1.54, 1.807) is 7.11 Å². The Hall–Kier alpha value is -2.54. The summed E-state index contributed by atoms with van der Waals surface area (Å²) in [5, 5.41) is 22.8. The summed E-state index contributed by atoms with van der Waals surface area (Å²) in [7, 11) is 1.66. The number of aromatic nitrogens is 1. The van der Waals surface area contributed by atoms with Crippen molar-refractivity contribution in [2.75, 3.05) is 26.7 Å². The molecular weight excluding hydrogens is 392 g/mol. The number of aliphatic hydroxyl groups excluding tert-OH is 2. The first kappa shape index (κ1) is 20.4. The molecule has 0 aliphatic carbocycles. The quantitative estimate of drug-likeness (QED) is 0.595. The molecule has 2 atom stereocenters. The van der Waals surface area contributed by atoms with Crippen molar-refractivity contribution in [2.45, 2.75) is 44.0 Å². The van der Waals surface area contributed by atoms with E-state index in [-0.39, 0.29) is 5.60 Å². The van der Waals surface area contributed by atoms with Gasteiger partial charge in [0.05, 0.1) is 19.3 Å². The number of fused-ring (bicyclic) bond motifs is 2. The Morgan fingerprint density at radius 1 is 1.23 bits per heavy atom. The molecule has 1 spiro atoms. The molecule has 31 heavy (non-hydrogen) atoms. The van der Waals surface area contributed by atoms with Gasteiger partial charge in [0.2, 0.25) is 0 Å². The predicted octanol–water partition coefficient (Wildman–Crippen LogP) is 3.87. The van der Waals surface area contributed by atoms with E-state index in [9.17, 15) is 10.2 Å². The number of ether oxygens (including phenoxy) is 2. The van der Waals surface area contributed by atoms with Gasteiger partial charge in [-0.3, -0.25) is 0 Å². The van der Waals surface area contributed by atoms with Gasteiger partial charge in [-0.1, -0.05) is 18.2 Å². The molecule has 2 aliphatic heterocycles. The Balaban J connectivity index is 1.28. The van der Waals surface area contributed by atoms with Crippen LogP contribution < -0.4 is 9.47 Å². The van der Waals surface area contributed by atoms with Crippen LogP contribution in [0.25, 0.3) is 10.9 Å². The van der Waals surface area contributed by atoms with Crippen molar-refractivity contribution in [3.8, 4) is 11.5 Å². The first-order chi connectivity index (χ1) is 15.0. The number of para-hydroxylation sites is 1. The molecule has 2 aromatic carbocycles. The fraction of sp³-hybridized carbons (Fsp3) is 0.440. The molecule has 164 valence electrons. The number of H-pyrrole nitrogens is 1. The second-order valence-corrected chi connectivity index (χ2v) is 8.93. The average Bonchev–Trinajstić information content (AvgIpc) is 3.10. The van der Waals surface area contributed by atoms with Crippen LogP contribution in [-0.4, -0.2) is 52.4 Å². The lowest BCUT2D eigenvalue weighted by Crippen LogP contribution is -2.51. The van der Waals surface area contributed by atoms with Crippen molar-refractivity contribution in [3.05, 3.63) is 59.3 Å². The van der Waals surface area contributed by atoms with Gasteiger partial charge in [-0.25, -0.2) is 0 Å². The molecule has 2 aliphatic rings. The first-order valence-electron chi connectivity index (χ1n) is 11.0. The number of nitrogens with one attached hydrogen (secondary N) is 1. The number of likely N-dealkylation sites (tertiary alicyclic amines) is 1. The van der Waals surface area contributed by atoms with E-state index in [1.807, 2.05) is 49.4 Å². The number of methoxy groups -OCH3 is 1. The fourth-order valence-electron chi connectivity index (χ4n) is 5.25. The Bertz CT molecular complexity index is 1080. The molecule has 1 saturated heterocycles. The molecule has 1 fully saturated rings. The molecule has 0 bridgehead atoms. The van der Waals surface area contributed by atoms with Crippen LogP contribution in [0.5, 0.6) is 11.5 Å². The predicted molar refractivity (Wildman–Crippen MR) is 120 cm³/mol. The normalized spacial score (nSPS) is 21.6. The second kappa shape index (κ2) is 7.86. The molecule has 0 unspecified atom stereocenters. The van der Waals surface area contributed by atoms with Crippen LogP contribution in [0.2, 0.25) is 0 Å². The monoisotopic (exact) mass is 422 g/mol. The number of benzene rings is 2. The lowest BCUT2D eigenvalue weighted by Gasteiger charge is -2.46. The maximum atomic E-state index is 11.1.